The summed E-state index contributed by atoms with van der Waals surface area (Å²) < 4.78 is 5.36. The average Bonchev–Trinajstić information content (AvgIpc) is 2.37. The first-order valence-electron chi connectivity index (χ1n) is 6.29. The lowest BCUT2D eigenvalue weighted by Crippen LogP contribution is -2.11. The van der Waals surface area contributed by atoms with Crippen molar-refractivity contribution in [1.29, 1.82) is 0 Å². The van der Waals surface area contributed by atoms with Crippen LogP contribution in [0, 0.1) is 10.1 Å². The van der Waals surface area contributed by atoms with Crippen LogP contribution in [0.5, 0.6) is 0 Å². The minimum Gasteiger partial charge on any atom is -0.478 e. The van der Waals surface area contributed by atoms with Crippen molar-refractivity contribution < 1.29 is 19.6 Å². The van der Waals surface area contributed by atoms with Crippen molar-refractivity contribution in [2.24, 2.45) is 0 Å². The molecule has 0 unspecified atom stereocenters. The number of nitro benzene ring substituents is 1. The topological polar surface area (TPSA) is 102 Å². The van der Waals surface area contributed by atoms with Gasteiger partial charge in [0.2, 0.25) is 0 Å². The lowest BCUT2D eigenvalue weighted by atomic mass is 10.1. The summed E-state index contributed by atoms with van der Waals surface area (Å²) in [5.41, 5.74) is 0.0210. The predicted octanol–water partition coefficient (Wildman–Crippen LogP) is 2.52. The molecular formula is C13H18N2O5. The number of aromatic carboxylic acids is 1. The van der Waals surface area contributed by atoms with Gasteiger partial charge in [0.15, 0.2) is 0 Å². The highest BCUT2D eigenvalue weighted by atomic mass is 16.6. The fourth-order valence-corrected chi connectivity index (χ4v) is 1.59. The van der Waals surface area contributed by atoms with Crippen molar-refractivity contribution in [3.8, 4) is 0 Å². The number of ether oxygens (including phenoxy) is 1. The van der Waals surface area contributed by atoms with E-state index in [1.807, 2.05) is 13.8 Å². The number of carbonyl (C=O) groups is 1. The van der Waals surface area contributed by atoms with E-state index in [-0.39, 0.29) is 17.4 Å². The van der Waals surface area contributed by atoms with E-state index in [0.717, 1.165) is 6.07 Å². The largest absolute Gasteiger partial charge is 0.478 e. The third-order valence-corrected chi connectivity index (χ3v) is 2.53. The number of hydrogen-bond acceptors (Lipinski definition) is 5. The molecule has 0 fully saturated rings. The van der Waals surface area contributed by atoms with E-state index in [2.05, 4.69) is 5.32 Å². The Labute approximate surface area is 116 Å². The number of rotatable bonds is 8. The molecular weight excluding hydrogens is 264 g/mol. The zero-order valence-electron chi connectivity index (χ0n) is 11.5. The predicted molar refractivity (Wildman–Crippen MR) is 74.3 cm³/mol. The maximum Gasteiger partial charge on any atom is 0.338 e. The van der Waals surface area contributed by atoms with Crippen LogP contribution < -0.4 is 5.32 Å². The summed E-state index contributed by atoms with van der Waals surface area (Å²) in [7, 11) is 0. The molecule has 2 N–H and O–H groups in total. The van der Waals surface area contributed by atoms with Gasteiger partial charge in [-0.25, -0.2) is 4.79 Å². The second-order valence-electron chi connectivity index (χ2n) is 4.49. The van der Waals surface area contributed by atoms with Crippen LogP contribution >= 0.6 is 0 Å². The Hall–Kier alpha value is -2.15. The third-order valence-electron chi connectivity index (χ3n) is 2.53. The number of hydrogen-bond donors (Lipinski definition) is 2. The fourth-order valence-electron chi connectivity index (χ4n) is 1.59. The van der Waals surface area contributed by atoms with Crippen molar-refractivity contribution >= 4 is 17.3 Å². The molecule has 0 amide bonds. The van der Waals surface area contributed by atoms with Gasteiger partial charge in [-0.05, 0) is 26.3 Å². The molecule has 0 aliphatic heterocycles. The highest BCUT2D eigenvalue weighted by Crippen LogP contribution is 2.22. The molecule has 0 radical (unpaired) electrons. The zero-order valence-corrected chi connectivity index (χ0v) is 11.5. The molecule has 0 aliphatic rings. The van der Waals surface area contributed by atoms with Crippen LogP contribution in [0.3, 0.4) is 0 Å². The monoisotopic (exact) mass is 282 g/mol. The van der Waals surface area contributed by atoms with E-state index < -0.39 is 10.9 Å². The average molecular weight is 282 g/mol. The molecule has 0 atom stereocenters. The number of anilines is 1. The van der Waals surface area contributed by atoms with Crippen molar-refractivity contribution in [2.75, 3.05) is 18.5 Å². The molecule has 0 saturated heterocycles. The summed E-state index contributed by atoms with van der Waals surface area (Å²) in [6.45, 7) is 4.98. The molecule has 7 nitrogen and oxygen atoms in total. The smallest absolute Gasteiger partial charge is 0.338 e. The number of benzene rings is 1. The Kier molecular flexibility index (Phi) is 5.92. The highest BCUT2D eigenvalue weighted by molar-refractivity contribution is 5.95. The molecule has 0 aliphatic carbocycles. The Morgan fingerprint density at radius 3 is 2.75 bits per heavy atom. The SMILES string of the molecule is CC(C)OCCCNc1ccc([N+](=O)[O-])cc1C(=O)O. The van der Waals surface area contributed by atoms with Crippen molar-refractivity contribution in [3.05, 3.63) is 33.9 Å². The van der Waals surface area contributed by atoms with E-state index in [1.165, 1.54) is 12.1 Å². The molecule has 0 saturated carbocycles. The molecule has 1 rings (SSSR count). The second-order valence-corrected chi connectivity index (χ2v) is 4.49. The summed E-state index contributed by atoms with van der Waals surface area (Å²) in [6, 6.07) is 3.74. The summed E-state index contributed by atoms with van der Waals surface area (Å²) in [6.07, 6.45) is 0.873. The van der Waals surface area contributed by atoms with Crippen molar-refractivity contribution in [3.63, 3.8) is 0 Å². The highest BCUT2D eigenvalue weighted by Gasteiger charge is 2.15. The fraction of sp³-hybridized carbons (Fsp3) is 0.462. The molecule has 0 aromatic heterocycles. The van der Waals surface area contributed by atoms with E-state index in [1.54, 1.807) is 0 Å². The molecule has 0 bridgehead atoms. The van der Waals surface area contributed by atoms with Crippen LogP contribution in [-0.4, -0.2) is 35.3 Å². The third kappa shape index (κ3) is 4.85. The molecule has 1 aromatic rings. The maximum absolute atomic E-state index is 11.1. The number of nitro groups is 1. The van der Waals surface area contributed by atoms with Gasteiger partial charge in [-0.2, -0.15) is 0 Å². The number of carboxylic acid groups (broad SMARTS) is 1. The molecule has 1 aromatic carbocycles. The van der Waals surface area contributed by atoms with Gasteiger partial charge >= 0.3 is 5.97 Å². The summed E-state index contributed by atoms with van der Waals surface area (Å²) >= 11 is 0. The quantitative estimate of drug-likeness (QED) is 0.431. The molecule has 110 valence electrons. The van der Waals surface area contributed by atoms with E-state index in [0.29, 0.717) is 25.3 Å². The first-order valence-corrected chi connectivity index (χ1v) is 6.29. The van der Waals surface area contributed by atoms with Crippen molar-refractivity contribution in [2.45, 2.75) is 26.4 Å². The number of carboxylic acids is 1. The van der Waals surface area contributed by atoms with Gasteiger partial charge in [0.05, 0.1) is 16.6 Å². The molecule has 0 spiro atoms. The van der Waals surface area contributed by atoms with Gasteiger partial charge in [0, 0.05) is 31.0 Å². The first kappa shape index (κ1) is 15.9. The standard InChI is InChI=1S/C13H18N2O5/c1-9(2)20-7-3-6-14-12-5-4-10(15(18)19)8-11(12)13(16)17/h4-5,8-9,14H,3,6-7H2,1-2H3,(H,16,17). The molecule has 0 heterocycles. The Balaban J connectivity index is 2.65. The Morgan fingerprint density at radius 2 is 2.20 bits per heavy atom. The van der Waals surface area contributed by atoms with Crippen molar-refractivity contribution in [1.82, 2.24) is 0 Å². The van der Waals surface area contributed by atoms with E-state index in [9.17, 15) is 14.9 Å². The number of non-ortho nitro benzene ring substituents is 1. The van der Waals surface area contributed by atoms with Gasteiger partial charge in [0.25, 0.3) is 5.69 Å². The van der Waals surface area contributed by atoms with Crippen LogP contribution in [0.2, 0.25) is 0 Å². The minimum atomic E-state index is -1.20. The number of nitrogens with one attached hydrogen (secondary N) is 1. The van der Waals surface area contributed by atoms with E-state index >= 15 is 0 Å². The van der Waals surface area contributed by atoms with Gasteiger partial charge in [-0.15, -0.1) is 0 Å². The van der Waals surface area contributed by atoms with Gasteiger partial charge in [-0.3, -0.25) is 10.1 Å². The molecule has 7 heteroatoms. The first-order chi connectivity index (χ1) is 9.41. The van der Waals surface area contributed by atoms with Crippen LogP contribution in [0.15, 0.2) is 18.2 Å². The summed E-state index contributed by atoms with van der Waals surface area (Å²) in [5, 5.41) is 22.6. The lowest BCUT2D eigenvalue weighted by Gasteiger charge is -2.10. The second kappa shape index (κ2) is 7.44. The normalized spacial score (nSPS) is 10.6. The Morgan fingerprint density at radius 1 is 1.50 bits per heavy atom. The van der Waals surface area contributed by atoms with Crippen LogP contribution in [0.4, 0.5) is 11.4 Å². The van der Waals surface area contributed by atoms with E-state index in [4.69, 9.17) is 9.84 Å². The van der Waals surface area contributed by atoms with Gasteiger partial charge < -0.3 is 15.2 Å². The van der Waals surface area contributed by atoms with Gasteiger partial charge in [0.1, 0.15) is 0 Å². The summed E-state index contributed by atoms with van der Waals surface area (Å²) in [5.74, 6) is -1.20. The zero-order chi connectivity index (χ0) is 15.1. The maximum atomic E-state index is 11.1. The summed E-state index contributed by atoms with van der Waals surface area (Å²) in [4.78, 5) is 21.1. The van der Waals surface area contributed by atoms with Crippen LogP contribution in [-0.2, 0) is 4.74 Å². The minimum absolute atomic E-state index is 0.107. The molecule has 20 heavy (non-hydrogen) atoms. The van der Waals surface area contributed by atoms with Crippen LogP contribution in [0.25, 0.3) is 0 Å². The van der Waals surface area contributed by atoms with Gasteiger partial charge in [-0.1, -0.05) is 0 Å². The van der Waals surface area contributed by atoms with Crippen LogP contribution in [0.1, 0.15) is 30.6 Å². The lowest BCUT2D eigenvalue weighted by molar-refractivity contribution is -0.384. The Bertz CT molecular complexity index is 488. The number of nitrogens with zero attached hydrogens (tertiary/aromatic N) is 1.